The van der Waals surface area contributed by atoms with Crippen molar-refractivity contribution < 1.29 is 4.74 Å². The third kappa shape index (κ3) is 6.04. The Morgan fingerprint density at radius 2 is 1.73 bits per heavy atom. The number of hydrogen-bond donors (Lipinski definition) is 0. The fourth-order valence-electron chi connectivity index (χ4n) is 7.82. The van der Waals surface area contributed by atoms with Gasteiger partial charge >= 0.3 is 0 Å². The second-order valence-electron chi connectivity index (χ2n) is 13.3. The molecule has 48 heavy (non-hydrogen) atoms. The van der Waals surface area contributed by atoms with Crippen LogP contribution in [0.15, 0.2) is 165 Å². The van der Waals surface area contributed by atoms with E-state index in [0.717, 1.165) is 60.5 Å². The number of hydrogen-bond acceptors (Lipinski definition) is 4. The molecule has 0 bridgehead atoms. The van der Waals surface area contributed by atoms with Crippen LogP contribution in [0.25, 0.3) is 0 Å². The van der Waals surface area contributed by atoms with Crippen LogP contribution in [0.4, 0.5) is 5.69 Å². The van der Waals surface area contributed by atoms with Crippen molar-refractivity contribution in [3.8, 4) is 5.75 Å². The molecule has 0 N–H and O–H groups in total. The van der Waals surface area contributed by atoms with E-state index in [1.54, 1.807) is 0 Å². The monoisotopic (exact) mass is 627 g/mol. The zero-order chi connectivity index (χ0) is 32.3. The van der Waals surface area contributed by atoms with Crippen LogP contribution in [-0.2, 0) is 0 Å². The van der Waals surface area contributed by atoms with Crippen molar-refractivity contribution in [2.45, 2.75) is 50.2 Å². The Morgan fingerprint density at radius 3 is 2.54 bits per heavy atom. The van der Waals surface area contributed by atoms with E-state index in [1.807, 2.05) is 0 Å². The molecule has 3 aliphatic carbocycles. The van der Waals surface area contributed by atoms with Crippen LogP contribution in [-0.4, -0.2) is 36.8 Å². The predicted octanol–water partition coefficient (Wildman–Crippen LogP) is 9.90. The van der Waals surface area contributed by atoms with Crippen molar-refractivity contribution in [1.82, 2.24) is 0 Å². The van der Waals surface area contributed by atoms with Crippen molar-refractivity contribution in [3.05, 3.63) is 167 Å². The van der Waals surface area contributed by atoms with Gasteiger partial charge in [0, 0.05) is 29.5 Å². The van der Waals surface area contributed by atoms with E-state index >= 15 is 0 Å². The lowest BCUT2D eigenvalue weighted by molar-refractivity contribution is 0.284. The molecule has 8 rings (SSSR count). The molecule has 0 fully saturated rings. The highest BCUT2D eigenvalue weighted by atomic mass is 16.5. The number of nitrogens with zero attached hydrogens (tertiary/aromatic N) is 3. The summed E-state index contributed by atoms with van der Waals surface area (Å²) in [7, 11) is 0. The molecule has 0 spiro atoms. The molecule has 0 radical (unpaired) electrons. The molecule has 5 atom stereocenters. The zero-order valence-corrected chi connectivity index (χ0v) is 27.3. The fraction of sp³-hybridized carbons (Fsp3) is 0.250. The first-order valence-electron chi connectivity index (χ1n) is 17.3. The minimum Gasteiger partial charge on any atom is -0.483 e. The Bertz CT molecular complexity index is 1950. The summed E-state index contributed by atoms with van der Waals surface area (Å²) in [4.78, 5) is 15.2. The Kier molecular flexibility index (Phi) is 8.55. The molecule has 4 nitrogen and oxygen atoms in total. The minimum absolute atomic E-state index is 0.0565. The summed E-state index contributed by atoms with van der Waals surface area (Å²) >= 11 is 0. The van der Waals surface area contributed by atoms with E-state index in [1.165, 1.54) is 27.8 Å². The normalized spacial score (nSPS) is 24.6. The molecule has 5 aliphatic rings. The third-order valence-corrected chi connectivity index (χ3v) is 10.4. The number of allylic oxidation sites excluding steroid dienone is 8. The molecule has 0 saturated heterocycles. The van der Waals surface area contributed by atoms with E-state index < -0.39 is 0 Å². The smallest absolute Gasteiger partial charge is 0.152 e. The van der Waals surface area contributed by atoms with Crippen LogP contribution in [0.1, 0.15) is 54.7 Å². The highest BCUT2D eigenvalue weighted by Crippen LogP contribution is 2.49. The van der Waals surface area contributed by atoms with Crippen LogP contribution in [0.2, 0.25) is 0 Å². The Labute approximate surface area is 284 Å². The molecule has 3 aromatic carbocycles. The number of rotatable bonds is 9. The summed E-state index contributed by atoms with van der Waals surface area (Å²) in [6, 6.07) is 27.6. The van der Waals surface area contributed by atoms with Gasteiger partial charge in [0.2, 0.25) is 0 Å². The van der Waals surface area contributed by atoms with E-state index in [-0.39, 0.29) is 18.1 Å². The van der Waals surface area contributed by atoms with Crippen molar-refractivity contribution >= 4 is 23.8 Å². The molecular formula is C44H41N3O. The van der Waals surface area contributed by atoms with Gasteiger partial charge in [0.15, 0.2) is 6.10 Å². The molecule has 2 aliphatic heterocycles. The lowest BCUT2D eigenvalue weighted by Crippen LogP contribution is -2.34. The SMILES string of the molecule is C=NC(CC(=NCC1=CCCC(C2=Nc3ccccc3C3c4ccccc4OC23)=C1)c1ccccc1)C1C=CC(C2C=CC=CC2)=CC1. The summed E-state index contributed by atoms with van der Waals surface area (Å²) in [5.74, 6) is 1.90. The topological polar surface area (TPSA) is 46.3 Å². The van der Waals surface area contributed by atoms with Gasteiger partial charge in [-0.05, 0) is 72.4 Å². The van der Waals surface area contributed by atoms with Gasteiger partial charge in [0.25, 0.3) is 0 Å². The van der Waals surface area contributed by atoms with E-state index in [9.17, 15) is 0 Å². The van der Waals surface area contributed by atoms with Crippen molar-refractivity contribution in [1.29, 1.82) is 0 Å². The molecule has 0 amide bonds. The van der Waals surface area contributed by atoms with Gasteiger partial charge in [-0.3, -0.25) is 9.98 Å². The molecular weight excluding hydrogens is 587 g/mol. The van der Waals surface area contributed by atoms with Crippen molar-refractivity contribution in [2.75, 3.05) is 6.54 Å². The first kappa shape index (κ1) is 30.3. The first-order chi connectivity index (χ1) is 23.7. The Morgan fingerprint density at radius 1 is 0.896 bits per heavy atom. The lowest BCUT2D eigenvalue weighted by atomic mass is 9.80. The Hall–Kier alpha value is -5.09. The molecule has 0 aromatic heterocycles. The molecule has 238 valence electrons. The van der Waals surface area contributed by atoms with Gasteiger partial charge in [0.1, 0.15) is 5.75 Å². The van der Waals surface area contributed by atoms with Gasteiger partial charge in [-0.25, -0.2) is 4.99 Å². The maximum Gasteiger partial charge on any atom is 0.152 e. The van der Waals surface area contributed by atoms with Crippen LogP contribution in [0.5, 0.6) is 5.75 Å². The van der Waals surface area contributed by atoms with Crippen LogP contribution in [0.3, 0.4) is 0 Å². The van der Waals surface area contributed by atoms with Crippen molar-refractivity contribution in [3.63, 3.8) is 0 Å². The standard InChI is InChI=1S/C44H41N3O/c1-45-39(34-25-23-32(24-26-34)31-14-4-2-5-15-31)28-40(33-16-6-3-7-17-33)46-29-30-13-12-18-35(27-30)43-44-42(36-19-8-10-21-38(36)47-43)37-20-9-11-22-41(37)48-44/h2-11,13-14,16-17,19-25,27,31,34,39,42,44H,1,12,15,18,26,28-29H2. The molecule has 0 saturated carbocycles. The van der Waals surface area contributed by atoms with E-state index in [2.05, 4.69) is 145 Å². The number of fused-ring (bicyclic) bond motifs is 5. The lowest BCUT2D eigenvalue weighted by Gasteiger charge is -2.29. The molecule has 3 aromatic rings. The van der Waals surface area contributed by atoms with Crippen molar-refractivity contribution in [2.24, 2.45) is 26.8 Å². The Balaban J connectivity index is 1.03. The van der Waals surface area contributed by atoms with Gasteiger partial charge in [0.05, 0.1) is 29.9 Å². The molecule has 5 unspecified atom stereocenters. The summed E-state index contributed by atoms with van der Waals surface area (Å²) < 4.78 is 6.63. The quantitative estimate of drug-likeness (QED) is 0.218. The summed E-state index contributed by atoms with van der Waals surface area (Å²) in [5.41, 5.74) is 10.7. The maximum absolute atomic E-state index is 6.63. The van der Waals surface area contributed by atoms with Crippen LogP contribution >= 0.6 is 0 Å². The summed E-state index contributed by atoms with van der Waals surface area (Å²) in [6.07, 6.45) is 25.2. The molecule has 4 heteroatoms. The second kappa shape index (κ2) is 13.6. The number of ether oxygens (including phenoxy) is 1. The average molecular weight is 628 g/mol. The summed E-state index contributed by atoms with van der Waals surface area (Å²) in [6.45, 7) is 4.65. The minimum atomic E-state index is -0.116. The maximum atomic E-state index is 6.63. The van der Waals surface area contributed by atoms with Gasteiger partial charge in [-0.2, -0.15) is 0 Å². The van der Waals surface area contributed by atoms with E-state index in [0.29, 0.717) is 18.4 Å². The largest absolute Gasteiger partial charge is 0.483 e. The second-order valence-corrected chi connectivity index (χ2v) is 13.3. The van der Waals surface area contributed by atoms with E-state index in [4.69, 9.17) is 14.7 Å². The molecule has 2 heterocycles. The average Bonchev–Trinajstić information content (AvgIpc) is 3.56. The highest BCUT2D eigenvalue weighted by molar-refractivity contribution is 6.08. The predicted molar refractivity (Wildman–Crippen MR) is 199 cm³/mol. The van der Waals surface area contributed by atoms with Crippen LogP contribution in [0, 0.1) is 11.8 Å². The fourth-order valence-corrected chi connectivity index (χ4v) is 7.82. The van der Waals surface area contributed by atoms with Gasteiger partial charge < -0.3 is 4.74 Å². The highest BCUT2D eigenvalue weighted by Gasteiger charge is 2.43. The number of aliphatic imine (C=N–C) groups is 3. The van der Waals surface area contributed by atoms with Crippen LogP contribution < -0.4 is 4.74 Å². The first-order valence-corrected chi connectivity index (χ1v) is 17.3. The van der Waals surface area contributed by atoms with Gasteiger partial charge in [-0.1, -0.05) is 121 Å². The number of para-hydroxylation sites is 2. The third-order valence-electron chi connectivity index (χ3n) is 10.4. The van der Waals surface area contributed by atoms with Gasteiger partial charge in [-0.15, -0.1) is 0 Å². The summed E-state index contributed by atoms with van der Waals surface area (Å²) in [5, 5.41) is 0. The number of benzene rings is 3. The zero-order valence-electron chi connectivity index (χ0n) is 27.3.